The number of rotatable bonds is 5. The van der Waals surface area contributed by atoms with E-state index in [1.165, 1.54) is 6.33 Å². The Hall–Kier alpha value is -2.35. The van der Waals surface area contributed by atoms with Crippen molar-refractivity contribution in [1.82, 2.24) is 14.8 Å². The molecule has 1 aliphatic heterocycles. The van der Waals surface area contributed by atoms with Crippen LogP contribution in [0.15, 0.2) is 40.3 Å². The van der Waals surface area contributed by atoms with Gasteiger partial charge in [-0.2, -0.15) is 10.1 Å². The maximum atomic E-state index is 12.9. The van der Waals surface area contributed by atoms with Crippen LogP contribution in [0.2, 0.25) is 0 Å². The molecule has 1 aromatic heterocycles. The second-order valence-corrected chi connectivity index (χ2v) is 7.08. The van der Waals surface area contributed by atoms with Gasteiger partial charge >= 0.3 is 5.97 Å². The lowest BCUT2D eigenvalue weighted by Crippen LogP contribution is -2.31. The number of ether oxygens (including phenoxy) is 2. The summed E-state index contributed by atoms with van der Waals surface area (Å²) in [5.41, 5.74) is 1.98. The van der Waals surface area contributed by atoms with Crippen LogP contribution in [-0.4, -0.2) is 33.4 Å². The van der Waals surface area contributed by atoms with Crippen LogP contribution >= 0.6 is 15.9 Å². The van der Waals surface area contributed by atoms with E-state index in [2.05, 4.69) is 31.3 Å². The first kappa shape index (κ1) is 18.4. The summed E-state index contributed by atoms with van der Waals surface area (Å²) in [5, 5.41) is 7.45. The van der Waals surface area contributed by atoms with Crippen molar-refractivity contribution in [3.63, 3.8) is 0 Å². The zero-order valence-corrected chi connectivity index (χ0v) is 16.7. The van der Waals surface area contributed by atoms with Gasteiger partial charge in [0.15, 0.2) is 0 Å². The van der Waals surface area contributed by atoms with E-state index in [-0.39, 0.29) is 6.10 Å². The molecular weight excluding hydrogens is 400 g/mol. The minimum atomic E-state index is -0.501. The van der Waals surface area contributed by atoms with Crippen LogP contribution in [0.1, 0.15) is 39.3 Å². The number of aromatic nitrogens is 3. The third-order valence-electron chi connectivity index (χ3n) is 3.92. The van der Waals surface area contributed by atoms with Crippen molar-refractivity contribution < 1.29 is 14.3 Å². The van der Waals surface area contributed by atoms with Gasteiger partial charge in [0.25, 0.3) is 0 Å². The molecule has 0 unspecified atom stereocenters. The number of nitrogens with one attached hydrogen (secondary N) is 1. The zero-order chi connectivity index (χ0) is 18.8. The quantitative estimate of drug-likeness (QED) is 0.743. The Morgan fingerprint density at radius 3 is 2.88 bits per heavy atom. The van der Waals surface area contributed by atoms with Gasteiger partial charge in [-0.15, -0.1) is 0 Å². The minimum Gasteiger partial charge on any atom is -0.494 e. The van der Waals surface area contributed by atoms with Crippen LogP contribution < -0.4 is 10.1 Å². The Labute approximate surface area is 160 Å². The molecule has 7 nitrogen and oxygen atoms in total. The first-order valence-electron chi connectivity index (χ1n) is 8.42. The predicted octanol–water partition coefficient (Wildman–Crippen LogP) is 3.68. The van der Waals surface area contributed by atoms with Gasteiger partial charge in [0.05, 0.1) is 18.3 Å². The van der Waals surface area contributed by atoms with E-state index in [1.807, 2.05) is 45.9 Å². The molecule has 138 valence electrons. The zero-order valence-electron chi connectivity index (χ0n) is 15.1. The number of carbonyl (C=O) groups is 1. The number of esters is 1. The third kappa shape index (κ3) is 3.46. The van der Waals surface area contributed by atoms with E-state index in [9.17, 15) is 4.79 Å². The second kappa shape index (κ2) is 7.49. The van der Waals surface area contributed by atoms with E-state index < -0.39 is 12.0 Å². The van der Waals surface area contributed by atoms with Gasteiger partial charge in [0.1, 0.15) is 18.1 Å². The molecule has 1 aromatic carbocycles. The van der Waals surface area contributed by atoms with Crippen molar-refractivity contribution in [3.8, 4) is 5.75 Å². The van der Waals surface area contributed by atoms with Gasteiger partial charge in [0, 0.05) is 15.7 Å². The SMILES string of the molecule is CCOc1ccc(Br)cc1[C@H]1C(C(=O)OC(C)C)=C(C)Nc2ncnn21. The topological polar surface area (TPSA) is 78.3 Å². The molecule has 0 radical (unpaired) electrons. The lowest BCUT2D eigenvalue weighted by atomic mass is 9.95. The molecular formula is C18H21BrN4O3. The van der Waals surface area contributed by atoms with Crippen LogP contribution in [0.5, 0.6) is 5.75 Å². The highest BCUT2D eigenvalue weighted by atomic mass is 79.9. The molecule has 0 spiro atoms. The number of benzene rings is 1. The maximum absolute atomic E-state index is 12.9. The van der Waals surface area contributed by atoms with Crippen LogP contribution in [0.4, 0.5) is 5.95 Å². The largest absolute Gasteiger partial charge is 0.494 e. The molecule has 0 saturated heterocycles. The lowest BCUT2D eigenvalue weighted by molar-refractivity contribution is -0.143. The second-order valence-electron chi connectivity index (χ2n) is 6.16. The Bertz CT molecular complexity index is 860. The van der Waals surface area contributed by atoms with Crippen LogP contribution in [0, 0.1) is 0 Å². The summed E-state index contributed by atoms with van der Waals surface area (Å²) in [5.74, 6) is 0.862. The summed E-state index contributed by atoms with van der Waals surface area (Å²) in [6.45, 7) is 7.91. The number of fused-ring (bicyclic) bond motifs is 1. The van der Waals surface area contributed by atoms with E-state index >= 15 is 0 Å². The van der Waals surface area contributed by atoms with Crippen LogP contribution in [0.3, 0.4) is 0 Å². The Balaban J connectivity index is 2.18. The fourth-order valence-electron chi connectivity index (χ4n) is 2.94. The van der Waals surface area contributed by atoms with Crippen molar-refractivity contribution >= 4 is 27.8 Å². The predicted molar refractivity (Wildman–Crippen MR) is 101 cm³/mol. The molecule has 0 bridgehead atoms. The van der Waals surface area contributed by atoms with Gasteiger partial charge in [-0.1, -0.05) is 15.9 Å². The summed E-state index contributed by atoms with van der Waals surface area (Å²) in [6, 6.07) is 5.21. The van der Waals surface area contributed by atoms with Gasteiger partial charge in [-0.05, 0) is 45.9 Å². The van der Waals surface area contributed by atoms with Crippen molar-refractivity contribution in [2.75, 3.05) is 11.9 Å². The van der Waals surface area contributed by atoms with Crippen molar-refractivity contribution in [2.24, 2.45) is 0 Å². The first-order chi connectivity index (χ1) is 12.4. The standard InChI is InChI=1S/C18H21BrN4O3/c1-5-25-14-7-6-12(19)8-13(14)16-15(17(24)26-10(2)3)11(4)22-18-20-9-21-23(16)18/h6-10,16H,5H2,1-4H3,(H,20,21,22)/t16-/m0/s1. The number of nitrogens with zero attached hydrogens (tertiary/aromatic N) is 3. The number of allylic oxidation sites excluding steroid dienone is 1. The molecule has 0 aliphatic carbocycles. The molecule has 3 rings (SSSR count). The van der Waals surface area contributed by atoms with Gasteiger partial charge in [-0.25, -0.2) is 9.48 Å². The van der Waals surface area contributed by atoms with Gasteiger partial charge in [-0.3, -0.25) is 0 Å². The summed E-state index contributed by atoms with van der Waals surface area (Å²) >= 11 is 3.51. The fourth-order valence-corrected chi connectivity index (χ4v) is 3.32. The minimum absolute atomic E-state index is 0.227. The number of carbonyl (C=O) groups excluding carboxylic acids is 1. The molecule has 26 heavy (non-hydrogen) atoms. The molecule has 0 saturated carbocycles. The number of anilines is 1. The molecule has 1 aliphatic rings. The monoisotopic (exact) mass is 420 g/mol. The van der Waals surface area contributed by atoms with Gasteiger partial charge in [0.2, 0.25) is 5.95 Å². The third-order valence-corrected chi connectivity index (χ3v) is 4.42. The maximum Gasteiger partial charge on any atom is 0.338 e. The van der Waals surface area contributed by atoms with Crippen molar-refractivity contribution in [2.45, 2.75) is 39.8 Å². The molecule has 2 aromatic rings. The van der Waals surface area contributed by atoms with Crippen molar-refractivity contribution in [1.29, 1.82) is 0 Å². The van der Waals surface area contributed by atoms with Gasteiger partial charge < -0.3 is 14.8 Å². The average Bonchev–Trinajstić information content (AvgIpc) is 3.02. The molecule has 0 amide bonds. The smallest absolute Gasteiger partial charge is 0.338 e. The first-order valence-corrected chi connectivity index (χ1v) is 9.22. The Morgan fingerprint density at radius 2 is 2.19 bits per heavy atom. The van der Waals surface area contributed by atoms with Crippen LogP contribution in [-0.2, 0) is 9.53 Å². The summed E-state index contributed by atoms with van der Waals surface area (Å²) in [6.07, 6.45) is 1.23. The highest BCUT2D eigenvalue weighted by molar-refractivity contribution is 9.10. The van der Waals surface area contributed by atoms with E-state index in [1.54, 1.807) is 4.68 Å². The molecule has 1 N–H and O–H groups in total. The summed E-state index contributed by atoms with van der Waals surface area (Å²) in [4.78, 5) is 17.1. The molecule has 8 heteroatoms. The highest BCUT2D eigenvalue weighted by Gasteiger charge is 2.36. The van der Waals surface area contributed by atoms with Crippen molar-refractivity contribution in [3.05, 3.63) is 45.8 Å². The summed E-state index contributed by atoms with van der Waals surface area (Å²) in [7, 11) is 0. The van der Waals surface area contributed by atoms with E-state index in [0.29, 0.717) is 29.6 Å². The summed E-state index contributed by atoms with van der Waals surface area (Å²) < 4.78 is 13.8. The lowest BCUT2D eigenvalue weighted by Gasteiger charge is -2.29. The fraction of sp³-hybridized carbons (Fsp3) is 0.389. The van der Waals surface area contributed by atoms with Crippen LogP contribution in [0.25, 0.3) is 0 Å². The Morgan fingerprint density at radius 1 is 1.42 bits per heavy atom. The Kier molecular flexibility index (Phi) is 5.31. The number of halogens is 1. The number of hydrogen-bond acceptors (Lipinski definition) is 6. The normalized spacial score (nSPS) is 16.3. The molecule has 1 atom stereocenters. The van der Waals surface area contributed by atoms with E-state index in [4.69, 9.17) is 9.47 Å². The molecule has 2 heterocycles. The molecule has 0 fully saturated rings. The highest BCUT2D eigenvalue weighted by Crippen LogP contribution is 2.40. The van der Waals surface area contributed by atoms with E-state index in [0.717, 1.165) is 10.0 Å². The average molecular weight is 421 g/mol. The number of hydrogen-bond donors (Lipinski definition) is 1.